The van der Waals surface area contributed by atoms with Crippen molar-refractivity contribution in [2.45, 2.75) is 50.7 Å². The minimum Gasteiger partial charge on any atom is -0.356 e. The number of carbonyl (C=O) groups is 1. The zero-order chi connectivity index (χ0) is 17.1. The number of amides is 1. The monoisotopic (exact) mass is 364 g/mol. The zero-order valence-corrected chi connectivity index (χ0v) is 16.1. The maximum atomic E-state index is 12.5. The molecule has 1 atom stereocenters. The molecule has 3 heterocycles. The van der Waals surface area contributed by atoms with Gasteiger partial charge in [0.2, 0.25) is 0 Å². The van der Waals surface area contributed by atoms with Crippen molar-refractivity contribution >= 4 is 45.0 Å². The third kappa shape index (κ3) is 3.67. The van der Waals surface area contributed by atoms with Crippen molar-refractivity contribution in [1.29, 1.82) is 0 Å². The van der Waals surface area contributed by atoms with Crippen molar-refractivity contribution in [1.82, 2.24) is 15.3 Å². The first-order valence-electron chi connectivity index (χ1n) is 8.53. The second kappa shape index (κ2) is 7.70. The van der Waals surface area contributed by atoms with E-state index in [-0.39, 0.29) is 11.9 Å². The highest BCUT2D eigenvalue weighted by Gasteiger charge is 2.21. The molecule has 0 unspecified atom stereocenters. The molecule has 0 aromatic carbocycles. The third-order valence-electron chi connectivity index (χ3n) is 4.26. The van der Waals surface area contributed by atoms with Crippen LogP contribution in [0.5, 0.6) is 0 Å². The van der Waals surface area contributed by atoms with Crippen molar-refractivity contribution in [3.05, 3.63) is 10.9 Å². The molecule has 2 aromatic heterocycles. The first-order valence-corrected chi connectivity index (χ1v) is 10.6. The number of rotatable bonds is 6. The number of hydrogen-bond donors (Lipinski definition) is 1. The lowest BCUT2D eigenvalue weighted by molar-refractivity contribution is 0.0942. The van der Waals surface area contributed by atoms with Crippen LogP contribution in [-0.2, 0) is 0 Å². The number of nitrogens with zero attached hydrogens (tertiary/aromatic N) is 3. The number of hydrogen-bond acceptors (Lipinski definition) is 6. The highest BCUT2D eigenvalue weighted by molar-refractivity contribution is 7.98. The van der Waals surface area contributed by atoms with Gasteiger partial charge in [0.05, 0.1) is 10.3 Å². The molecule has 0 spiro atoms. The topological polar surface area (TPSA) is 58.1 Å². The Bertz CT molecular complexity index is 725. The SMILES string of the molecule is CCC[C@H](C)NC(=O)c1cc2c(N3CCCC3)nc(SC)nc2s1. The van der Waals surface area contributed by atoms with Crippen LogP contribution >= 0.6 is 23.1 Å². The molecule has 3 rings (SSSR count). The molecule has 0 radical (unpaired) electrons. The number of anilines is 1. The molecule has 1 amide bonds. The average molecular weight is 365 g/mol. The van der Waals surface area contributed by atoms with Crippen molar-refractivity contribution in [2.24, 2.45) is 0 Å². The van der Waals surface area contributed by atoms with E-state index in [0.717, 1.165) is 52.0 Å². The van der Waals surface area contributed by atoms with E-state index in [1.54, 1.807) is 11.8 Å². The number of nitrogens with one attached hydrogen (secondary N) is 1. The second-order valence-electron chi connectivity index (χ2n) is 6.22. The lowest BCUT2D eigenvalue weighted by Gasteiger charge is -2.17. The summed E-state index contributed by atoms with van der Waals surface area (Å²) in [6.07, 6.45) is 6.45. The Morgan fingerprint density at radius 3 is 2.83 bits per heavy atom. The molecule has 1 aliphatic rings. The molecule has 130 valence electrons. The molecule has 0 saturated carbocycles. The van der Waals surface area contributed by atoms with Crippen LogP contribution < -0.4 is 10.2 Å². The molecule has 1 N–H and O–H groups in total. The number of thiophene rings is 1. The van der Waals surface area contributed by atoms with E-state index in [0.29, 0.717) is 0 Å². The first-order chi connectivity index (χ1) is 11.6. The Labute approximate surface area is 151 Å². The third-order valence-corrected chi connectivity index (χ3v) is 5.84. The number of aromatic nitrogens is 2. The fourth-order valence-corrected chi connectivity index (χ4v) is 4.41. The van der Waals surface area contributed by atoms with E-state index >= 15 is 0 Å². The predicted octanol–water partition coefficient (Wildman–Crippen LogP) is 3.93. The van der Waals surface area contributed by atoms with E-state index < -0.39 is 0 Å². The Balaban J connectivity index is 1.94. The lowest BCUT2D eigenvalue weighted by atomic mass is 10.2. The van der Waals surface area contributed by atoms with Gasteiger partial charge in [0.1, 0.15) is 10.6 Å². The Morgan fingerprint density at radius 2 is 2.17 bits per heavy atom. The Morgan fingerprint density at radius 1 is 1.42 bits per heavy atom. The van der Waals surface area contributed by atoms with Crippen molar-refractivity contribution in [3.63, 3.8) is 0 Å². The van der Waals surface area contributed by atoms with Crippen LogP contribution in [0.2, 0.25) is 0 Å². The molecule has 1 saturated heterocycles. The summed E-state index contributed by atoms with van der Waals surface area (Å²) in [5.41, 5.74) is 0. The van der Waals surface area contributed by atoms with Gasteiger partial charge in [-0.25, -0.2) is 9.97 Å². The maximum Gasteiger partial charge on any atom is 0.261 e. The molecular formula is C17H24N4OS2. The van der Waals surface area contributed by atoms with Crippen LogP contribution in [0.25, 0.3) is 10.2 Å². The van der Waals surface area contributed by atoms with Crippen LogP contribution in [0.15, 0.2) is 11.2 Å². The summed E-state index contributed by atoms with van der Waals surface area (Å²) in [5, 5.41) is 4.86. The van der Waals surface area contributed by atoms with Gasteiger partial charge in [-0.2, -0.15) is 0 Å². The summed E-state index contributed by atoms with van der Waals surface area (Å²) < 4.78 is 0. The summed E-state index contributed by atoms with van der Waals surface area (Å²) in [5.74, 6) is 0.982. The fraction of sp³-hybridized carbons (Fsp3) is 0.588. The number of thioether (sulfide) groups is 1. The summed E-state index contributed by atoms with van der Waals surface area (Å²) in [7, 11) is 0. The molecule has 0 bridgehead atoms. The van der Waals surface area contributed by atoms with E-state index in [4.69, 9.17) is 4.98 Å². The Kier molecular flexibility index (Phi) is 5.61. The second-order valence-corrected chi connectivity index (χ2v) is 8.02. The fourth-order valence-electron chi connectivity index (χ4n) is 3.06. The predicted molar refractivity (Wildman–Crippen MR) is 102 cm³/mol. The van der Waals surface area contributed by atoms with Crippen molar-refractivity contribution in [3.8, 4) is 0 Å². The highest BCUT2D eigenvalue weighted by atomic mass is 32.2. The summed E-state index contributed by atoms with van der Waals surface area (Å²) in [4.78, 5) is 25.8. The summed E-state index contributed by atoms with van der Waals surface area (Å²) in [6, 6.07) is 2.16. The summed E-state index contributed by atoms with van der Waals surface area (Å²) in [6.45, 7) is 6.25. The van der Waals surface area contributed by atoms with Crippen LogP contribution in [-0.4, -0.2) is 41.3 Å². The van der Waals surface area contributed by atoms with E-state index in [1.807, 2.05) is 12.3 Å². The molecule has 5 nitrogen and oxygen atoms in total. The van der Waals surface area contributed by atoms with E-state index in [1.165, 1.54) is 24.2 Å². The van der Waals surface area contributed by atoms with Gasteiger partial charge in [-0.15, -0.1) is 11.3 Å². The van der Waals surface area contributed by atoms with Gasteiger partial charge >= 0.3 is 0 Å². The van der Waals surface area contributed by atoms with Crippen LogP contribution in [0, 0.1) is 0 Å². The van der Waals surface area contributed by atoms with Gasteiger partial charge in [0.25, 0.3) is 5.91 Å². The average Bonchev–Trinajstić information content (AvgIpc) is 3.23. The normalized spacial score (nSPS) is 15.9. The minimum absolute atomic E-state index is 0.00276. The standard InChI is InChI=1S/C17H24N4OS2/c1-4-7-11(2)18-15(22)13-10-12-14(21-8-5-6-9-21)19-17(23-3)20-16(12)24-13/h10-11H,4-9H2,1-3H3,(H,18,22)/t11-/m0/s1. The van der Waals surface area contributed by atoms with Crippen LogP contribution in [0.4, 0.5) is 5.82 Å². The maximum absolute atomic E-state index is 12.5. The molecule has 1 aliphatic heterocycles. The van der Waals surface area contributed by atoms with Gasteiger partial charge in [0.15, 0.2) is 5.16 Å². The molecule has 2 aromatic rings. The lowest BCUT2D eigenvalue weighted by Crippen LogP contribution is -2.31. The molecular weight excluding hydrogens is 340 g/mol. The molecule has 7 heteroatoms. The summed E-state index contributed by atoms with van der Waals surface area (Å²) >= 11 is 3.01. The van der Waals surface area contributed by atoms with Crippen LogP contribution in [0.3, 0.4) is 0 Å². The van der Waals surface area contributed by atoms with Crippen LogP contribution in [0.1, 0.15) is 49.2 Å². The number of carbonyl (C=O) groups excluding carboxylic acids is 1. The van der Waals surface area contributed by atoms with E-state index in [9.17, 15) is 4.79 Å². The first kappa shape index (κ1) is 17.5. The quantitative estimate of drug-likeness (QED) is 0.622. The van der Waals surface area contributed by atoms with Crippen molar-refractivity contribution in [2.75, 3.05) is 24.2 Å². The van der Waals surface area contributed by atoms with Gasteiger partial charge in [0, 0.05) is 19.1 Å². The number of fused-ring (bicyclic) bond motifs is 1. The highest BCUT2D eigenvalue weighted by Crippen LogP contribution is 2.34. The van der Waals surface area contributed by atoms with Gasteiger partial charge < -0.3 is 10.2 Å². The molecule has 0 aliphatic carbocycles. The largest absolute Gasteiger partial charge is 0.356 e. The smallest absolute Gasteiger partial charge is 0.261 e. The van der Waals surface area contributed by atoms with Gasteiger partial charge in [-0.05, 0) is 38.5 Å². The van der Waals surface area contributed by atoms with Gasteiger partial charge in [-0.3, -0.25) is 4.79 Å². The van der Waals surface area contributed by atoms with Crippen molar-refractivity contribution < 1.29 is 4.79 Å². The zero-order valence-electron chi connectivity index (χ0n) is 14.5. The molecule has 24 heavy (non-hydrogen) atoms. The minimum atomic E-state index is -0.00276. The molecule has 1 fully saturated rings. The van der Waals surface area contributed by atoms with E-state index in [2.05, 4.69) is 29.0 Å². The van der Waals surface area contributed by atoms with Gasteiger partial charge in [-0.1, -0.05) is 25.1 Å². The Hall–Kier alpha value is -1.34.